The molecule has 0 bridgehead atoms. The number of rotatable bonds is 8. The quantitative estimate of drug-likeness (QED) is 0.610. The van der Waals surface area contributed by atoms with Crippen molar-refractivity contribution in [3.63, 3.8) is 0 Å². The van der Waals surface area contributed by atoms with E-state index >= 15 is 0 Å². The van der Waals surface area contributed by atoms with Crippen molar-refractivity contribution in [2.24, 2.45) is 5.92 Å². The summed E-state index contributed by atoms with van der Waals surface area (Å²) in [6, 6.07) is 16.8. The summed E-state index contributed by atoms with van der Waals surface area (Å²) in [4.78, 5) is 2.55. The number of hydrogen-bond donors (Lipinski definition) is 0. The largest absolute Gasteiger partial charge is 0.497 e. The van der Waals surface area contributed by atoms with Crippen molar-refractivity contribution in [3.05, 3.63) is 66.2 Å². The van der Waals surface area contributed by atoms with Crippen LogP contribution in [-0.2, 0) is 9.84 Å². The second kappa shape index (κ2) is 9.59. The lowest BCUT2D eigenvalue weighted by molar-refractivity contribution is 0.255. The Labute approximate surface area is 175 Å². The smallest absolute Gasteiger partial charge is 0.194 e. The molecule has 0 N–H and O–H groups in total. The summed E-state index contributed by atoms with van der Waals surface area (Å²) in [6.45, 7) is 5.66. The Morgan fingerprint density at radius 3 is 2.48 bits per heavy atom. The van der Waals surface area contributed by atoms with Crippen LogP contribution >= 0.6 is 0 Å². The molecule has 0 amide bonds. The van der Waals surface area contributed by atoms with Crippen molar-refractivity contribution < 1.29 is 13.2 Å². The van der Waals surface area contributed by atoms with Crippen LogP contribution in [0.15, 0.2) is 65.6 Å². The van der Waals surface area contributed by atoms with E-state index in [9.17, 15) is 8.42 Å². The first-order chi connectivity index (χ1) is 13.9. The molecule has 29 heavy (non-hydrogen) atoms. The van der Waals surface area contributed by atoms with Crippen LogP contribution in [0.4, 0.5) is 0 Å². The molecule has 5 heteroatoms. The summed E-state index contributed by atoms with van der Waals surface area (Å²) < 4.78 is 32.4. The fraction of sp³-hybridized carbons (Fsp3) is 0.417. The molecule has 2 aromatic carbocycles. The summed E-state index contributed by atoms with van der Waals surface area (Å²) in [6.07, 6.45) is 4.58. The zero-order chi connectivity index (χ0) is 20.9. The third-order valence-corrected chi connectivity index (χ3v) is 7.63. The number of hydrogen-bond acceptors (Lipinski definition) is 4. The van der Waals surface area contributed by atoms with Crippen molar-refractivity contribution in [2.45, 2.75) is 43.4 Å². The van der Waals surface area contributed by atoms with Gasteiger partial charge in [-0.3, -0.25) is 4.90 Å². The molecule has 0 saturated heterocycles. The molecule has 0 radical (unpaired) electrons. The molecule has 1 aliphatic heterocycles. The second-order valence-electron chi connectivity index (χ2n) is 8.00. The predicted molar refractivity (Wildman–Crippen MR) is 119 cm³/mol. The van der Waals surface area contributed by atoms with Crippen LogP contribution in [0.3, 0.4) is 0 Å². The number of methoxy groups -OCH3 is 1. The third kappa shape index (κ3) is 5.28. The standard InChI is InChI=1S/C24H31NO3S/c1-19(2)14-15-24(29(26,27)23-12-5-4-6-13-23)25-16-8-10-21(18-25)20-9-7-11-22(17-20)28-3/h4-7,9-13,17,19,24H,8,14-16,18H2,1-3H3. The molecule has 4 nitrogen and oxygen atoms in total. The minimum absolute atomic E-state index is 0.409. The van der Waals surface area contributed by atoms with Crippen LogP contribution in [0.1, 0.15) is 38.7 Å². The highest BCUT2D eigenvalue weighted by Gasteiger charge is 2.34. The number of benzene rings is 2. The first-order valence-corrected chi connectivity index (χ1v) is 11.8. The van der Waals surface area contributed by atoms with Crippen LogP contribution in [0, 0.1) is 5.92 Å². The van der Waals surface area contributed by atoms with Gasteiger partial charge in [-0.05, 0) is 60.6 Å². The van der Waals surface area contributed by atoms with E-state index in [1.54, 1.807) is 31.4 Å². The Balaban J connectivity index is 1.89. The highest BCUT2D eigenvalue weighted by molar-refractivity contribution is 7.92. The predicted octanol–water partition coefficient (Wildman–Crippen LogP) is 5.02. The second-order valence-corrected chi connectivity index (χ2v) is 10.1. The van der Waals surface area contributed by atoms with E-state index in [0.29, 0.717) is 23.8 Å². The van der Waals surface area contributed by atoms with Crippen molar-refractivity contribution >= 4 is 15.4 Å². The normalized spacial score (nSPS) is 16.5. The van der Waals surface area contributed by atoms with Crippen molar-refractivity contribution in [3.8, 4) is 5.75 Å². The Hall–Kier alpha value is -2.11. The Kier molecular flexibility index (Phi) is 7.14. The lowest BCUT2D eigenvalue weighted by Gasteiger charge is -2.35. The Bertz CT molecular complexity index is 936. The number of sulfone groups is 1. The summed E-state index contributed by atoms with van der Waals surface area (Å²) in [5.41, 5.74) is 2.25. The Morgan fingerprint density at radius 1 is 1.03 bits per heavy atom. The molecule has 2 aromatic rings. The van der Waals surface area contributed by atoms with Crippen LogP contribution < -0.4 is 4.74 Å². The zero-order valence-electron chi connectivity index (χ0n) is 17.5. The minimum atomic E-state index is -3.44. The minimum Gasteiger partial charge on any atom is -0.497 e. The molecular weight excluding hydrogens is 382 g/mol. The van der Waals surface area contributed by atoms with Gasteiger partial charge in [-0.25, -0.2) is 8.42 Å². The van der Waals surface area contributed by atoms with Crippen molar-refractivity contribution in [2.75, 3.05) is 20.2 Å². The summed E-state index contributed by atoms with van der Waals surface area (Å²) in [5.74, 6) is 1.27. The van der Waals surface area contributed by atoms with Gasteiger partial charge in [-0.1, -0.05) is 50.3 Å². The van der Waals surface area contributed by atoms with Gasteiger partial charge in [0.2, 0.25) is 0 Å². The van der Waals surface area contributed by atoms with Gasteiger partial charge in [0.05, 0.1) is 12.0 Å². The molecule has 0 aliphatic carbocycles. The van der Waals surface area contributed by atoms with Gasteiger partial charge < -0.3 is 4.74 Å². The third-order valence-electron chi connectivity index (χ3n) is 5.45. The first kappa shape index (κ1) is 21.6. The molecule has 0 saturated carbocycles. The molecule has 1 aliphatic rings. The van der Waals surface area contributed by atoms with E-state index in [4.69, 9.17) is 4.74 Å². The maximum Gasteiger partial charge on any atom is 0.194 e. The van der Waals surface area contributed by atoms with E-state index in [-0.39, 0.29) is 0 Å². The van der Waals surface area contributed by atoms with Crippen LogP contribution in [0.25, 0.3) is 5.57 Å². The molecule has 0 fully saturated rings. The monoisotopic (exact) mass is 413 g/mol. The van der Waals surface area contributed by atoms with E-state index in [0.717, 1.165) is 36.3 Å². The first-order valence-electron chi connectivity index (χ1n) is 10.3. The van der Waals surface area contributed by atoms with Gasteiger partial charge in [0, 0.05) is 13.1 Å². The van der Waals surface area contributed by atoms with Gasteiger partial charge in [0.1, 0.15) is 11.1 Å². The average molecular weight is 414 g/mol. The fourth-order valence-electron chi connectivity index (χ4n) is 3.82. The van der Waals surface area contributed by atoms with Crippen LogP contribution in [0.2, 0.25) is 0 Å². The van der Waals surface area contributed by atoms with E-state index in [1.165, 1.54) is 0 Å². The lowest BCUT2D eigenvalue weighted by atomic mass is 10.00. The van der Waals surface area contributed by atoms with Crippen LogP contribution in [-0.4, -0.2) is 38.9 Å². The number of ether oxygens (including phenoxy) is 1. The average Bonchev–Trinajstić information content (AvgIpc) is 2.74. The maximum atomic E-state index is 13.5. The van der Waals surface area contributed by atoms with Gasteiger partial charge in [-0.2, -0.15) is 0 Å². The SMILES string of the molecule is COc1cccc(C2=CCCN(C(CCC(C)C)S(=O)(=O)c3ccccc3)C2)c1. The van der Waals surface area contributed by atoms with Gasteiger partial charge in [-0.15, -0.1) is 0 Å². The molecule has 1 unspecified atom stereocenters. The van der Waals surface area contributed by atoms with E-state index in [1.807, 2.05) is 24.3 Å². The van der Waals surface area contributed by atoms with Crippen LogP contribution in [0.5, 0.6) is 5.75 Å². The maximum absolute atomic E-state index is 13.5. The highest BCUT2D eigenvalue weighted by atomic mass is 32.2. The van der Waals surface area contributed by atoms with E-state index in [2.05, 4.69) is 30.9 Å². The summed E-state index contributed by atoms with van der Waals surface area (Å²) in [5, 5.41) is -0.512. The summed E-state index contributed by atoms with van der Waals surface area (Å²) in [7, 11) is -1.78. The highest BCUT2D eigenvalue weighted by Crippen LogP contribution is 2.30. The fourth-order valence-corrected chi connectivity index (χ4v) is 5.69. The van der Waals surface area contributed by atoms with Gasteiger partial charge in [0.25, 0.3) is 0 Å². The summed E-state index contributed by atoms with van der Waals surface area (Å²) >= 11 is 0. The van der Waals surface area contributed by atoms with Crippen molar-refractivity contribution in [1.29, 1.82) is 0 Å². The molecule has 0 aromatic heterocycles. The van der Waals surface area contributed by atoms with Crippen molar-refractivity contribution in [1.82, 2.24) is 4.90 Å². The molecular formula is C24H31NO3S. The molecule has 156 valence electrons. The molecule has 1 atom stereocenters. The molecule has 3 rings (SSSR count). The van der Waals surface area contributed by atoms with E-state index < -0.39 is 15.2 Å². The number of nitrogens with zero attached hydrogens (tertiary/aromatic N) is 1. The molecule has 0 spiro atoms. The lowest BCUT2D eigenvalue weighted by Crippen LogP contribution is -2.44. The molecule has 1 heterocycles. The van der Waals surface area contributed by atoms with Gasteiger partial charge >= 0.3 is 0 Å². The Morgan fingerprint density at radius 2 is 1.79 bits per heavy atom. The topological polar surface area (TPSA) is 46.6 Å². The van der Waals surface area contributed by atoms with Gasteiger partial charge in [0.15, 0.2) is 9.84 Å². The zero-order valence-corrected chi connectivity index (χ0v) is 18.4.